The van der Waals surface area contributed by atoms with E-state index in [0.717, 1.165) is 6.42 Å². The van der Waals surface area contributed by atoms with Crippen molar-refractivity contribution in [1.29, 1.82) is 0 Å². The smallest absolute Gasteiger partial charge is 0.224 e. The quantitative estimate of drug-likeness (QED) is 0.471. The molecule has 11 heavy (non-hydrogen) atoms. The van der Waals surface area contributed by atoms with E-state index in [1.54, 1.807) is 6.92 Å². The van der Waals surface area contributed by atoms with Crippen LogP contribution in [0.3, 0.4) is 0 Å². The highest BCUT2D eigenvalue weighted by atomic mass is 35.5. The second-order valence-electron chi connectivity index (χ2n) is 2.49. The van der Waals surface area contributed by atoms with Gasteiger partial charge in [-0.1, -0.05) is 6.92 Å². The molecule has 66 valence electrons. The first-order valence-electron chi connectivity index (χ1n) is 3.76. The van der Waals surface area contributed by atoms with E-state index in [4.69, 9.17) is 17.3 Å². The zero-order valence-corrected chi connectivity index (χ0v) is 7.53. The molecule has 0 aromatic rings. The monoisotopic (exact) mass is 178 g/mol. The molecule has 0 spiro atoms. The van der Waals surface area contributed by atoms with E-state index >= 15 is 0 Å². The number of carbonyl (C=O) groups excluding carboxylic acids is 1. The minimum Gasteiger partial charge on any atom is -0.356 e. The van der Waals surface area contributed by atoms with Gasteiger partial charge in [0, 0.05) is 18.3 Å². The summed E-state index contributed by atoms with van der Waals surface area (Å²) in [6.45, 7) is 3.05. The predicted molar refractivity (Wildman–Crippen MR) is 46.6 cm³/mol. The highest BCUT2D eigenvalue weighted by molar-refractivity contribution is 6.19. The molecule has 0 saturated carbocycles. The molecule has 0 heterocycles. The van der Waals surface area contributed by atoms with Gasteiger partial charge in [-0.15, -0.1) is 11.6 Å². The number of hydrogen-bond donors (Lipinski definition) is 2. The van der Waals surface area contributed by atoms with Gasteiger partial charge in [-0.3, -0.25) is 4.79 Å². The summed E-state index contributed by atoms with van der Waals surface area (Å²) in [6, 6.07) is 0. The molecule has 0 aliphatic carbocycles. The molecule has 3 N–H and O–H groups in total. The van der Waals surface area contributed by atoms with Crippen LogP contribution in [0.2, 0.25) is 0 Å². The van der Waals surface area contributed by atoms with Gasteiger partial charge in [0.1, 0.15) is 0 Å². The third-order valence-electron chi connectivity index (χ3n) is 1.36. The van der Waals surface area contributed by atoms with Gasteiger partial charge in [0.25, 0.3) is 0 Å². The Labute approximate surface area is 72.3 Å². The minimum absolute atomic E-state index is 0.00782. The van der Waals surface area contributed by atoms with Gasteiger partial charge in [-0.05, 0) is 13.0 Å². The summed E-state index contributed by atoms with van der Waals surface area (Å²) in [5, 5.41) is 2.73. The fourth-order valence-corrected chi connectivity index (χ4v) is 0.698. The van der Waals surface area contributed by atoms with Gasteiger partial charge >= 0.3 is 0 Å². The van der Waals surface area contributed by atoms with Crippen LogP contribution in [0.4, 0.5) is 0 Å². The molecular weight excluding hydrogens is 164 g/mol. The Kier molecular flexibility index (Phi) is 6.27. The van der Waals surface area contributed by atoms with Gasteiger partial charge in [0.2, 0.25) is 5.91 Å². The van der Waals surface area contributed by atoms with Crippen LogP contribution in [-0.4, -0.2) is 24.9 Å². The summed E-state index contributed by atoms with van der Waals surface area (Å²) in [6.07, 6.45) is 0.820. The summed E-state index contributed by atoms with van der Waals surface area (Å²) in [5.41, 5.74) is 5.25. The third kappa shape index (κ3) is 5.04. The fraction of sp³-hybridized carbons (Fsp3) is 0.857. The highest BCUT2D eigenvalue weighted by Crippen LogP contribution is 1.96. The molecule has 0 fully saturated rings. The Morgan fingerprint density at radius 3 is 2.82 bits per heavy atom. The number of nitrogens with two attached hydrogens (primary N) is 1. The number of hydrogen-bond acceptors (Lipinski definition) is 2. The molecule has 0 aliphatic heterocycles. The van der Waals surface area contributed by atoms with Crippen molar-refractivity contribution >= 4 is 17.5 Å². The van der Waals surface area contributed by atoms with Crippen molar-refractivity contribution < 1.29 is 4.79 Å². The molecular formula is C7H15ClN2O. The Hall–Kier alpha value is -0.280. The molecule has 0 aliphatic rings. The number of amides is 1. The first-order valence-corrected chi connectivity index (χ1v) is 4.29. The average Bonchev–Trinajstić information content (AvgIpc) is 2.03. The van der Waals surface area contributed by atoms with Crippen molar-refractivity contribution in [2.75, 3.05) is 19.0 Å². The largest absolute Gasteiger partial charge is 0.356 e. The molecule has 0 radical (unpaired) electrons. The Balaban J connectivity index is 3.36. The van der Waals surface area contributed by atoms with Crippen molar-refractivity contribution in [2.45, 2.75) is 13.3 Å². The van der Waals surface area contributed by atoms with Crippen LogP contribution in [0.15, 0.2) is 0 Å². The first kappa shape index (κ1) is 10.7. The van der Waals surface area contributed by atoms with Crippen LogP contribution in [0.1, 0.15) is 13.3 Å². The summed E-state index contributed by atoms with van der Waals surface area (Å²) in [7, 11) is 0. The Morgan fingerprint density at radius 2 is 2.36 bits per heavy atom. The zero-order chi connectivity index (χ0) is 8.69. The molecule has 1 amide bonds. The third-order valence-corrected chi connectivity index (χ3v) is 1.82. The minimum atomic E-state index is -0.102. The zero-order valence-electron chi connectivity index (χ0n) is 6.77. The Morgan fingerprint density at radius 1 is 1.73 bits per heavy atom. The number of carbonyl (C=O) groups is 1. The second kappa shape index (κ2) is 6.43. The molecule has 1 atom stereocenters. The SMILES string of the molecule is CC(CCl)C(=O)NCCCN. The summed E-state index contributed by atoms with van der Waals surface area (Å²) >= 11 is 5.47. The van der Waals surface area contributed by atoms with Gasteiger partial charge in [0.15, 0.2) is 0 Å². The van der Waals surface area contributed by atoms with Crippen molar-refractivity contribution in [2.24, 2.45) is 11.7 Å². The van der Waals surface area contributed by atoms with E-state index in [1.165, 1.54) is 0 Å². The molecule has 0 saturated heterocycles. The van der Waals surface area contributed by atoms with E-state index < -0.39 is 0 Å². The van der Waals surface area contributed by atoms with Crippen molar-refractivity contribution in [3.05, 3.63) is 0 Å². The highest BCUT2D eigenvalue weighted by Gasteiger charge is 2.09. The number of halogens is 1. The lowest BCUT2D eigenvalue weighted by molar-refractivity contribution is -0.123. The Bertz CT molecular complexity index is 119. The van der Waals surface area contributed by atoms with Crippen molar-refractivity contribution in [3.8, 4) is 0 Å². The van der Waals surface area contributed by atoms with Gasteiger partial charge in [-0.25, -0.2) is 0 Å². The summed E-state index contributed by atoms with van der Waals surface area (Å²) < 4.78 is 0. The maximum absolute atomic E-state index is 11.0. The molecule has 4 heteroatoms. The van der Waals surface area contributed by atoms with Crippen molar-refractivity contribution in [3.63, 3.8) is 0 Å². The number of nitrogens with one attached hydrogen (secondary N) is 1. The molecule has 0 aromatic carbocycles. The van der Waals surface area contributed by atoms with Crippen LogP contribution in [0, 0.1) is 5.92 Å². The van der Waals surface area contributed by atoms with E-state index in [-0.39, 0.29) is 11.8 Å². The maximum atomic E-state index is 11.0. The topological polar surface area (TPSA) is 55.1 Å². The molecule has 0 rings (SSSR count). The molecule has 0 bridgehead atoms. The van der Waals surface area contributed by atoms with Crippen LogP contribution < -0.4 is 11.1 Å². The average molecular weight is 179 g/mol. The summed E-state index contributed by atoms with van der Waals surface area (Å²) in [5.74, 6) is 0.275. The maximum Gasteiger partial charge on any atom is 0.224 e. The molecule has 1 unspecified atom stereocenters. The molecule has 0 aromatic heterocycles. The number of alkyl halides is 1. The molecule has 3 nitrogen and oxygen atoms in total. The van der Waals surface area contributed by atoms with Gasteiger partial charge in [-0.2, -0.15) is 0 Å². The first-order chi connectivity index (χ1) is 5.22. The fourth-order valence-electron chi connectivity index (χ4n) is 0.558. The van der Waals surface area contributed by atoms with E-state index in [1.807, 2.05) is 0 Å². The normalized spacial score (nSPS) is 12.6. The van der Waals surface area contributed by atoms with E-state index in [0.29, 0.717) is 19.0 Å². The van der Waals surface area contributed by atoms with E-state index in [2.05, 4.69) is 5.32 Å². The lowest BCUT2D eigenvalue weighted by atomic mass is 10.2. The second-order valence-corrected chi connectivity index (χ2v) is 2.80. The lowest BCUT2D eigenvalue weighted by Gasteiger charge is -2.07. The van der Waals surface area contributed by atoms with Gasteiger partial charge in [0.05, 0.1) is 0 Å². The van der Waals surface area contributed by atoms with Crippen LogP contribution >= 0.6 is 11.6 Å². The van der Waals surface area contributed by atoms with Crippen molar-refractivity contribution in [1.82, 2.24) is 5.32 Å². The van der Waals surface area contributed by atoms with Gasteiger partial charge < -0.3 is 11.1 Å². The summed E-state index contributed by atoms with van der Waals surface area (Å²) in [4.78, 5) is 11.0. The predicted octanol–water partition coefficient (Wildman–Crippen LogP) is 0.326. The van der Waals surface area contributed by atoms with E-state index in [9.17, 15) is 4.79 Å². The number of rotatable bonds is 5. The van der Waals surface area contributed by atoms with Crippen LogP contribution in [0.25, 0.3) is 0 Å². The standard InChI is InChI=1S/C7H15ClN2O/c1-6(5-8)7(11)10-4-2-3-9/h6H,2-5,9H2,1H3,(H,10,11). The lowest BCUT2D eigenvalue weighted by Crippen LogP contribution is -2.31. The van der Waals surface area contributed by atoms with Crippen LogP contribution in [0.5, 0.6) is 0 Å². The van der Waals surface area contributed by atoms with Crippen LogP contribution in [-0.2, 0) is 4.79 Å².